The van der Waals surface area contributed by atoms with Gasteiger partial charge in [-0.15, -0.1) is 0 Å². The van der Waals surface area contributed by atoms with E-state index in [1.807, 2.05) is 0 Å². The van der Waals surface area contributed by atoms with Crippen LogP contribution in [-0.2, 0) is 9.47 Å². The molecular formula is C17H33NO3. The van der Waals surface area contributed by atoms with Gasteiger partial charge in [0, 0.05) is 13.1 Å². The minimum atomic E-state index is -0.215. The molecule has 1 heterocycles. The Balaban J connectivity index is 2.06. The normalized spacial score (nSPS) is 16.8. The number of nitrogens with zero attached hydrogens (tertiary/aromatic N) is 1. The fraction of sp³-hybridized carbons (Fsp3) is 0.941. The molecule has 0 bridgehead atoms. The van der Waals surface area contributed by atoms with Crippen molar-refractivity contribution in [3.63, 3.8) is 0 Å². The largest absolute Gasteiger partial charge is 0.422 e. The molecule has 0 saturated carbocycles. The summed E-state index contributed by atoms with van der Waals surface area (Å²) in [5, 5.41) is 0. The molecule has 0 radical (unpaired) electrons. The van der Waals surface area contributed by atoms with Gasteiger partial charge in [0.05, 0.1) is 6.10 Å². The summed E-state index contributed by atoms with van der Waals surface area (Å²) < 4.78 is 10.9. The second-order valence-electron chi connectivity index (χ2n) is 5.98. The van der Waals surface area contributed by atoms with Gasteiger partial charge < -0.3 is 14.4 Å². The van der Waals surface area contributed by atoms with Gasteiger partial charge in [-0.25, -0.2) is 4.79 Å². The van der Waals surface area contributed by atoms with Crippen molar-refractivity contribution in [2.75, 3.05) is 19.9 Å². The summed E-state index contributed by atoms with van der Waals surface area (Å²) in [5.41, 5.74) is 0. The second-order valence-corrected chi connectivity index (χ2v) is 5.98. The van der Waals surface area contributed by atoms with Gasteiger partial charge in [0.1, 0.15) is 0 Å². The molecule has 0 aromatic heterocycles. The first-order chi connectivity index (χ1) is 10.3. The Bertz CT molecular complexity index is 265. The maximum Gasteiger partial charge on any atom is 0.411 e. The van der Waals surface area contributed by atoms with Crippen molar-refractivity contribution in [3.8, 4) is 0 Å². The highest BCUT2D eigenvalue weighted by Gasteiger charge is 2.18. The summed E-state index contributed by atoms with van der Waals surface area (Å²) >= 11 is 0. The molecule has 1 aliphatic heterocycles. The second kappa shape index (κ2) is 11.8. The molecule has 1 rings (SSSR count). The van der Waals surface area contributed by atoms with Crippen molar-refractivity contribution in [2.24, 2.45) is 0 Å². The number of rotatable bonds is 10. The van der Waals surface area contributed by atoms with Crippen molar-refractivity contribution in [3.05, 3.63) is 0 Å². The van der Waals surface area contributed by atoms with Gasteiger partial charge in [0.15, 0.2) is 6.79 Å². The molecule has 4 heteroatoms. The van der Waals surface area contributed by atoms with Gasteiger partial charge in [-0.05, 0) is 32.1 Å². The molecule has 1 fully saturated rings. The number of unbranched alkanes of at least 4 members (excludes halogenated alkanes) is 4. The molecular weight excluding hydrogens is 266 g/mol. The van der Waals surface area contributed by atoms with E-state index in [1.54, 1.807) is 4.90 Å². The van der Waals surface area contributed by atoms with E-state index < -0.39 is 0 Å². The van der Waals surface area contributed by atoms with E-state index in [0.29, 0.717) is 0 Å². The first-order valence-electron chi connectivity index (χ1n) is 8.81. The van der Waals surface area contributed by atoms with E-state index in [4.69, 9.17) is 9.47 Å². The van der Waals surface area contributed by atoms with Crippen LogP contribution in [0, 0.1) is 0 Å². The SMILES string of the molecule is CCCCCCCC(CC)OCOC(=O)N1CCCCC1. The lowest BCUT2D eigenvalue weighted by Gasteiger charge is -2.26. The zero-order valence-electron chi connectivity index (χ0n) is 13.9. The Hall–Kier alpha value is -0.770. The number of piperidine rings is 1. The Morgan fingerprint density at radius 1 is 1.05 bits per heavy atom. The molecule has 1 amide bonds. The standard InChI is InChI=1S/C17H33NO3/c1-3-5-6-7-9-12-16(4-2)20-15-21-17(19)18-13-10-8-11-14-18/h16H,3-15H2,1-2H3. The molecule has 124 valence electrons. The topological polar surface area (TPSA) is 38.8 Å². The van der Waals surface area contributed by atoms with Crippen molar-refractivity contribution in [2.45, 2.75) is 84.2 Å². The fourth-order valence-electron chi connectivity index (χ4n) is 2.73. The lowest BCUT2D eigenvalue weighted by Crippen LogP contribution is -2.36. The van der Waals surface area contributed by atoms with Crippen LogP contribution in [0.1, 0.15) is 78.1 Å². The average molecular weight is 299 g/mol. The highest BCUT2D eigenvalue weighted by atomic mass is 16.7. The number of likely N-dealkylation sites (tertiary alicyclic amines) is 1. The first kappa shape index (κ1) is 18.3. The zero-order valence-corrected chi connectivity index (χ0v) is 13.9. The molecule has 0 aliphatic carbocycles. The van der Waals surface area contributed by atoms with Crippen LogP contribution in [0.4, 0.5) is 4.79 Å². The van der Waals surface area contributed by atoms with Gasteiger partial charge in [-0.2, -0.15) is 0 Å². The number of hydrogen-bond acceptors (Lipinski definition) is 3. The summed E-state index contributed by atoms with van der Waals surface area (Å²) in [5.74, 6) is 0. The van der Waals surface area contributed by atoms with Crippen LogP contribution in [0.2, 0.25) is 0 Å². The fourth-order valence-corrected chi connectivity index (χ4v) is 2.73. The summed E-state index contributed by atoms with van der Waals surface area (Å²) in [6, 6.07) is 0. The van der Waals surface area contributed by atoms with Gasteiger partial charge in [-0.1, -0.05) is 46.0 Å². The van der Waals surface area contributed by atoms with Crippen molar-refractivity contribution >= 4 is 6.09 Å². The van der Waals surface area contributed by atoms with E-state index >= 15 is 0 Å². The minimum absolute atomic E-state index is 0.100. The van der Waals surface area contributed by atoms with Crippen LogP contribution in [0.25, 0.3) is 0 Å². The maximum atomic E-state index is 11.8. The lowest BCUT2D eigenvalue weighted by atomic mass is 10.1. The molecule has 21 heavy (non-hydrogen) atoms. The number of amides is 1. The first-order valence-corrected chi connectivity index (χ1v) is 8.81. The lowest BCUT2D eigenvalue weighted by molar-refractivity contribution is -0.0698. The van der Waals surface area contributed by atoms with E-state index in [-0.39, 0.29) is 19.0 Å². The van der Waals surface area contributed by atoms with Crippen molar-refractivity contribution in [1.29, 1.82) is 0 Å². The summed E-state index contributed by atoms with van der Waals surface area (Å²) in [7, 11) is 0. The van der Waals surface area contributed by atoms with Crippen LogP contribution in [0.5, 0.6) is 0 Å². The molecule has 4 nitrogen and oxygen atoms in total. The number of carbonyl (C=O) groups excluding carboxylic acids is 1. The molecule has 1 unspecified atom stereocenters. The van der Waals surface area contributed by atoms with E-state index in [1.165, 1.54) is 38.5 Å². The Labute approximate surface area is 130 Å². The Morgan fingerprint density at radius 3 is 2.43 bits per heavy atom. The zero-order chi connectivity index (χ0) is 15.3. The van der Waals surface area contributed by atoms with Crippen LogP contribution >= 0.6 is 0 Å². The third-order valence-electron chi connectivity index (χ3n) is 4.19. The van der Waals surface area contributed by atoms with Gasteiger partial charge in [-0.3, -0.25) is 0 Å². The van der Waals surface area contributed by atoms with Gasteiger partial charge >= 0.3 is 6.09 Å². The molecule has 0 aromatic carbocycles. The third kappa shape index (κ3) is 8.30. The maximum absolute atomic E-state index is 11.8. The predicted molar refractivity (Wildman–Crippen MR) is 85.3 cm³/mol. The molecule has 1 aliphatic rings. The van der Waals surface area contributed by atoms with Crippen LogP contribution in [0.3, 0.4) is 0 Å². The predicted octanol–water partition coefficient (Wildman–Crippen LogP) is 4.72. The Kier molecular flexibility index (Phi) is 10.3. The minimum Gasteiger partial charge on any atom is -0.422 e. The summed E-state index contributed by atoms with van der Waals surface area (Å²) in [6.45, 7) is 6.11. The van der Waals surface area contributed by atoms with Gasteiger partial charge in [0.2, 0.25) is 0 Å². The number of carbonyl (C=O) groups is 1. The third-order valence-corrected chi connectivity index (χ3v) is 4.19. The van der Waals surface area contributed by atoms with Crippen LogP contribution in [-0.4, -0.2) is 37.0 Å². The average Bonchev–Trinajstić information content (AvgIpc) is 2.53. The van der Waals surface area contributed by atoms with E-state index in [2.05, 4.69) is 13.8 Å². The molecule has 1 atom stereocenters. The number of ether oxygens (including phenoxy) is 2. The molecule has 1 saturated heterocycles. The molecule has 0 N–H and O–H groups in total. The van der Waals surface area contributed by atoms with Gasteiger partial charge in [0.25, 0.3) is 0 Å². The van der Waals surface area contributed by atoms with Crippen LogP contribution < -0.4 is 0 Å². The van der Waals surface area contributed by atoms with Crippen molar-refractivity contribution < 1.29 is 14.3 Å². The van der Waals surface area contributed by atoms with E-state index in [0.717, 1.165) is 38.8 Å². The highest BCUT2D eigenvalue weighted by molar-refractivity contribution is 5.67. The monoisotopic (exact) mass is 299 g/mol. The number of hydrogen-bond donors (Lipinski definition) is 0. The van der Waals surface area contributed by atoms with E-state index in [9.17, 15) is 4.79 Å². The van der Waals surface area contributed by atoms with Crippen LogP contribution in [0.15, 0.2) is 0 Å². The quantitative estimate of drug-likeness (QED) is 0.432. The van der Waals surface area contributed by atoms with Crippen molar-refractivity contribution in [1.82, 2.24) is 4.90 Å². The molecule has 0 spiro atoms. The smallest absolute Gasteiger partial charge is 0.411 e. The highest BCUT2D eigenvalue weighted by Crippen LogP contribution is 2.13. The molecule has 0 aromatic rings. The summed E-state index contributed by atoms with van der Waals surface area (Å²) in [4.78, 5) is 13.6. The Morgan fingerprint density at radius 2 is 1.76 bits per heavy atom. The summed E-state index contributed by atoms with van der Waals surface area (Å²) in [6.07, 6.45) is 11.9.